The number of rotatable bonds is 7. The minimum Gasteiger partial charge on any atom is -0.448 e. The Balaban J connectivity index is 1.43. The number of fused-ring (bicyclic) bond motifs is 1. The minimum atomic E-state index is 0.105. The summed E-state index contributed by atoms with van der Waals surface area (Å²) in [6.07, 6.45) is 5.35. The second kappa shape index (κ2) is 7.91. The Hall–Kier alpha value is -2.19. The van der Waals surface area contributed by atoms with Crippen molar-refractivity contribution in [1.29, 1.82) is 0 Å². The Morgan fingerprint density at radius 1 is 1.34 bits per heavy atom. The lowest BCUT2D eigenvalue weighted by atomic mass is 9.80. The molecule has 2 unspecified atom stereocenters. The Labute approximate surface area is 172 Å². The number of hydrogen-bond acceptors (Lipinski definition) is 6. The van der Waals surface area contributed by atoms with Crippen LogP contribution in [0.15, 0.2) is 29.1 Å². The fourth-order valence-corrected chi connectivity index (χ4v) is 4.98. The van der Waals surface area contributed by atoms with Crippen molar-refractivity contribution in [2.45, 2.75) is 32.9 Å². The fraction of sp³-hybridized carbons (Fsp3) is 0.667. The molecule has 8 nitrogen and oxygen atoms in total. The Kier molecular flexibility index (Phi) is 5.48. The van der Waals surface area contributed by atoms with E-state index >= 15 is 0 Å². The number of oxazole rings is 1. The Bertz CT molecular complexity index is 830. The number of amides is 1. The predicted octanol–water partition coefficient (Wildman–Crippen LogP) is 1.52. The van der Waals surface area contributed by atoms with Crippen LogP contribution in [0.1, 0.15) is 31.4 Å². The molecule has 4 rings (SSSR count). The van der Waals surface area contributed by atoms with Crippen LogP contribution in [0.4, 0.5) is 0 Å². The van der Waals surface area contributed by atoms with Crippen molar-refractivity contribution < 1.29 is 9.21 Å². The van der Waals surface area contributed by atoms with Gasteiger partial charge in [0.1, 0.15) is 12.8 Å². The molecule has 2 aromatic rings. The van der Waals surface area contributed by atoms with Crippen molar-refractivity contribution in [2.24, 2.45) is 11.3 Å². The molecule has 2 atom stereocenters. The van der Waals surface area contributed by atoms with E-state index < -0.39 is 0 Å². The highest BCUT2D eigenvalue weighted by molar-refractivity contribution is 5.76. The lowest BCUT2D eigenvalue weighted by Gasteiger charge is -2.32. The van der Waals surface area contributed by atoms with Crippen molar-refractivity contribution in [3.8, 4) is 0 Å². The molecule has 2 aliphatic rings. The molecule has 0 N–H and O–H groups in total. The highest BCUT2D eigenvalue weighted by Crippen LogP contribution is 2.43. The molecule has 2 fully saturated rings. The zero-order chi connectivity index (χ0) is 20.6. The first-order chi connectivity index (χ1) is 13.8. The number of nitrogens with zero attached hydrogens (tertiary/aromatic N) is 6. The van der Waals surface area contributed by atoms with Crippen LogP contribution in [-0.4, -0.2) is 82.2 Å². The molecule has 8 heteroatoms. The number of carbonyl (C=O) groups excluding carboxylic acids is 1. The molecule has 0 bridgehead atoms. The van der Waals surface area contributed by atoms with Crippen LogP contribution in [0.25, 0.3) is 0 Å². The molecule has 2 aromatic heterocycles. The van der Waals surface area contributed by atoms with Crippen molar-refractivity contribution in [2.75, 3.05) is 46.8 Å². The van der Waals surface area contributed by atoms with Gasteiger partial charge in [0.05, 0.1) is 5.69 Å². The molecule has 0 spiro atoms. The minimum absolute atomic E-state index is 0.105. The van der Waals surface area contributed by atoms with E-state index in [1.165, 1.54) is 0 Å². The van der Waals surface area contributed by atoms with Crippen LogP contribution in [-0.2, 0) is 17.9 Å². The summed E-state index contributed by atoms with van der Waals surface area (Å²) in [4.78, 5) is 24.2. The van der Waals surface area contributed by atoms with E-state index in [2.05, 4.69) is 47.8 Å². The van der Waals surface area contributed by atoms with Gasteiger partial charge in [-0.2, -0.15) is 5.10 Å². The van der Waals surface area contributed by atoms with E-state index in [-0.39, 0.29) is 11.3 Å². The lowest BCUT2D eigenvalue weighted by molar-refractivity contribution is -0.131. The summed E-state index contributed by atoms with van der Waals surface area (Å²) in [5.41, 5.74) is 1.11. The first-order valence-electron chi connectivity index (χ1n) is 10.4. The van der Waals surface area contributed by atoms with Crippen LogP contribution < -0.4 is 0 Å². The van der Waals surface area contributed by atoms with Crippen molar-refractivity contribution >= 4 is 5.91 Å². The molecule has 0 radical (unpaired) electrons. The third-order valence-electron chi connectivity index (χ3n) is 6.12. The number of carbonyl (C=O) groups is 1. The van der Waals surface area contributed by atoms with Crippen LogP contribution in [0.2, 0.25) is 0 Å². The van der Waals surface area contributed by atoms with Crippen LogP contribution in [0, 0.1) is 11.3 Å². The Morgan fingerprint density at radius 3 is 2.83 bits per heavy atom. The van der Waals surface area contributed by atoms with Gasteiger partial charge < -0.3 is 14.2 Å². The molecule has 2 saturated heterocycles. The Morgan fingerprint density at radius 2 is 2.17 bits per heavy atom. The normalized spacial score (nSPS) is 24.8. The summed E-state index contributed by atoms with van der Waals surface area (Å²) in [5, 5.41) is 4.18. The van der Waals surface area contributed by atoms with Gasteiger partial charge >= 0.3 is 0 Å². The quantitative estimate of drug-likeness (QED) is 0.702. The summed E-state index contributed by atoms with van der Waals surface area (Å²) in [6, 6.07) is 1.85. The maximum absolute atomic E-state index is 12.8. The second-order valence-electron chi connectivity index (χ2n) is 9.28. The predicted molar refractivity (Wildman–Crippen MR) is 109 cm³/mol. The standard InChI is InChI=1S/C21H32N6O2/c1-16(2)20-23-18(12-29-20)10-25-8-17-9-26(15-21(17,14-25)13-24(3)4)19(28)11-27-7-5-6-22-27/h5-7,12,16-17H,8-11,13-15H2,1-4H3. The molecule has 0 aromatic carbocycles. The van der Waals surface area contributed by atoms with E-state index in [9.17, 15) is 4.79 Å². The molecular weight excluding hydrogens is 368 g/mol. The third-order valence-corrected chi connectivity index (χ3v) is 6.12. The molecule has 29 heavy (non-hydrogen) atoms. The second-order valence-corrected chi connectivity index (χ2v) is 9.28. The van der Waals surface area contributed by atoms with Gasteiger partial charge in [-0.3, -0.25) is 14.4 Å². The van der Waals surface area contributed by atoms with E-state index in [0.29, 0.717) is 18.4 Å². The smallest absolute Gasteiger partial charge is 0.244 e. The van der Waals surface area contributed by atoms with Gasteiger partial charge in [-0.1, -0.05) is 13.8 Å². The average Bonchev–Trinajstić information content (AvgIpc) is 3.38. The highest BCUT2D eigenvalue weighted by atomic mass is 16.3. The van der Waals surface area contributed by atoms with Crippen molar-refractivity contribution in [3.63, 3.8) is 0 Å². The van der Waals surface area contributed by atoms with Crippen molar-refractivity contribution in [1.82, 2.24) is 29.5 Å². The fourth-order valence-electron chi connectivity index (χ4n) is 4.98. The molecule has 0 aliphatic carbocycles. The maximum Gasteiger partial charge on any atom is 0.244 e. The number of likely N-dealkylation sites (tertiary alicyclic amines) is 2. The zero-order valence-corrected chi connectivity index (χ0v) is 17.9. The third kappa shape index (κ3) is 4.23. The monoisotopic (exact) mass is 400 g/mol. The number of aromatic nitrogens is 3. The first-order valence-corrected chi connectivity index (χ1v) is 10.4. The lowest BCUT2D eigenvalue weighted by Crippen LogP contribution is -2.43. The molecule has 2 aliphatic heterocycles. The van der Waals surface area contributed by atoms with E-state index in [4.69, 9.17) is 4.42 Å². The molecule has 0 saturated carbocycles. The highest BCUT2D eigenvalue weighted by Gasteiger charge is 2.53. The average molecular weight is 401 g/mol. The zero-order valence-electron chi connectivity index (χ0n) is 17.9. The van der Waals surface area contributed by atoms with Gasteiger partial charge in [0, 0.05) is 63.0 Å². The van der Waals surface area contributed by atoms with E-state index in [1.807, 2.05) is 17.2 Å². The van der Waals surface area contributed by atoms with Gasteiger partial charge in [-0.15, -0.1) is 0 Å². The van der Waals surface area contributed by atoms with E-state index in [0.717, 1.165) is 50.9 Å². The molecule has 4 heterocycles. The van der Waals surface area contributed by atoms with Gasteiger partial charge in [0.2, 0.25) is 5.91 Å². The summed E-state index contributed by atoms with van der Waals surface area (Å²) < 4.78 is 7.32. The van der Waals surface area contributed by atoms with Gasteiger partial charge in [-0.25, -0.2) is 4.98 Å². The van der Waals surface area contributed by atoms with Crippen LogP contribution in [0.5, 0.6) is 0 Å². The molecule has 1 amide bonds. The van der Waals surface area contributed by atoms with Gasteiger partial charge in [0.25, 0.3) is 0 Å². The van der Waals surface area contributed by atoms with Crippen LogP contribution in [0.3, 0.4) is 0 Å². The van der Waals surface area contributed by atoms with Gasteiger partial charge in [-0.05, 0) is 26.1 Å². The largest absolute Gasteiger partial charge is 0.448 e. The SMILES string of the molecule is CC(C)c1nc(CN2CC3CN(C(=O)Cn4cccn4)CC3(CN(C)C)C2)co1. The summed E-state index contributed by atoms with van der Waals surface area (Å²) in [5.74, 6) is 1.74. The summed E-state index contributed by atoms with van der Waals surface area (Å²) in [7, 11) is 4.24. The molecule has 158 valence electrons. The maximum atomic E-state index is 12.8. The topological polar surface area (TPSA) is 70.6 Å². The van der Waals surface area contributed by atoms with Crippen LogP contribution >= 0.6 is 0 Å². The molecular formula is C21H32N6O2. The van der Waals surface area contributed by atoms with E-state index in [1.54, 1.807) is 17.1 Å². The summed E-state index contributed by atoms with van der Waals surface area (Å²) in [6.45, 7) is 9.89. The van der Waals surface area contributed by atoms with Crippen molar-refractivity contribution in [3.05, 3.63) is 36.3 Å². The van der Waals surface area contributed by atoms with Gasteiger partial charge in [0.15, 0.2) is 5.89 Å². The first kappa shape index (κ1) is 20.1. The summed E-state index contributed by atoms with van der Waals surface area (Å²) >= 11 is 0. The number of hydrogen-bond donors (Lipinski definition) is 0.